The van der Waals surface area contributed by atoms with Crippen molar-refractivity contribution in [3.05, 3.63) is 29.8 Å². The van der Waals surface area contributed by atoms with Crippen molar-refractivity contribution in [1.82, 2.24) is 0 Å². The van der Waals surface area contributed by atoms with Crippen molar-refractivity contribution in [1.29, 1.82) is 0 Å². The highest BCUT2D eigenvalue weighted by molar-refractivity contribution is 5.87. The first-order chi connectivity index (χ1) is 7.63. The van der Waals surface area contributed by atoms with Gasteiger partial charge in [0.1, 0.15) is 18.5 Å². The molecule has 0 aliphatic rings. The van der Waals surface area contributed by atoms with E-state index in [2.05, 4.69) is 0 Å². The molecule has 0 bridgehead atoms. The molecule has 1 atom stereocenters. The second-order valence-electron chi connectivity index (χ2n) is 3.25. The van der Waals surface area contributed by atoms with E-state index in [0.29, 0.717) is 5.75 Å². The second-order valence-corrected chi connectivity index (χ2v) is 3.25. The molecule has 1 rings (SSSR count). The third-order valence-electron chi connectivity index (χ3n) is 1.90. The average molecular weight is 226 g/mol. The number of carboxylic acid groups (broad SMARTS) is 1. The molecule has 0 aliphatic carbocycles. The van der Waals surface area contributed by atoms with Crippen molar-refractivity contribution in [2.24, 2.45) is 0 Å². The molecule has 1 aromatic carbocycles. The molecule has 0 spiro atoms. The lowest BCUT2D eigenvalue weighted by molar-refractivity contribution is 0.0325. The summed E-state index contributed by atoms with van der Waals surface area (Å²) in [4.78, 5) is 10.6. The van der Waals surface area contributed by atoms with Crippen LogP contribution in [-0.2, 0) is 4.74 Å². The van der Waals surface area contributed by atoms with Crippen LogP contribution in [0.2, 0.25) is 0 Å². The minimum absolute atomic E-state index is 0.111. The molecule has 0 heterocycles. The number of methoxy groups -OCH3 is 1. The standard InChI is InChI=1S/C11H14O5/c1-15-6-9(12)7-16-10-4-2-8(3-5-10)11(13)14/h2-5,9,12H,6-7H2,1H3,(H,13,14)/t9-/m1/s1. The maximum Gasteiger partial charge on any atom is 0.335 e. The van der Waals surface area contributed by atoms with Gasteiger partial charge in [0.15, 0.2) is 0 Å². The molecule has 0 aliphatic heterocycles. The Morgan fingerprint density at radius 3 is 2.44 bits per heavy atom. The molecule has 88 valence electrons. The van der Waals surface area contributed by atoms with Gasteiger partial charge in [-0.05, 0) is 24.3 Å². The van der Waals surface area contributed by atoms with Gasteiger partial charge < -0.3 is 19.7 Å². The smallest absolute Gasteiger partial charge is 0.335 e. The van der Waals surface area contributed by atoms with Crippen molar-refractivity contribution >= 4 is 5.97 Å². The van der Waals surface area contributed by atoms with Crippen LogP contribution in [0.15, 0.2) is 24.3 Å². The van der Waals surface area contributed by atoms with Gasteiger partial charge in [0.05, 0.1) is 12.2 Å². The van der Waals surface area contributed by atoms with Gasteiger partial charge in [-0.2, -0.15) is 0 Å². The molecular weight excluding hydrogens is 212 g/mol. The molecule has 0 fully saturated rings. The zero-order valence-corrected chi connectivity index (χ0v) is 8.92. The van der Waals surface area contributed by atoms with Crippen LogP contribution in [0.4, 0.5) is 0 Å². The van der Waals surface area contributed by atoms with E-state index in [0.717, 1.165) is 0 Å². The molecule has 0 saturated carbocycles. The first-order valence-electron chi connectivity index (χ1n) is 4.76. The molecule has 5 nitrogen and oxygen atoms in total. The predicted molar refractivity (Wildman–Crippen MR) is 56.8 cm³/mol. The van der Waals surface area contributed by atoms with Crippen molar-refractivity contribution in [2.75, 3.05) is 20.3 Å². The van der Waals surface area contributed by atoms with Crippen molar-refractivity contribution in [3.63, 3.8) is 0 Å². The lowest BCUT2D eigenvalue weighted by Crippen LogP contribution is -2.22. The lowest BCUT2D eigenvalue weighted by Gasteiger charge is -2.11. The van der Waals surface area contributed by atoms with Gasteiger partial charge in [0, 0.05) is 7.11 Å². The molecule has 0 unspecified atom stereocenters. The minimum atomic E-state index is -0.981. The maximum atomic E-state index is 10.6. The Morgan fingerprint density at radius 2 is 1.94 bits per heavy atom. The third kappa shape index (κ3) is 3.88. The van der Waals surface area contributed by atoms with E-state index in [1.807, 2.05) is 0 Å². The highest BCUT2D eigenvalue weighted by Gasteiger charge is 2.05. The van der Waals surface area contributed by atoms with E-state index in [1.165, 1.54) is 19.2 Å². The number of benzene rings is 1. The van der Waals surface area contributed by atoms with Gasteiger partial charge in [-0.25, -0.2) is 4.79 Å². The minimum Gasteiger partial charge on any atom is -0.491 e. The van der Waals surface area contributed by atoms with E-state index in [-0.39, 0.29) is 18.8 Å². The van der Waals surface area contributed by atoms with E-state index < -0.39 is 12.1 Å². The van der Waals surface area contributed by atoms with E-state index in [1.54, 1.807) is 12.1 Å². The van der Waals surface area contributed by atoms with E-state index in [4.69, 9.17) is 14.6 Å². The first-order valence-corrected chi connectivity index (χ1v) is 4.76. The van der Waals surface area contributed by atoms with Crippen molar-refractivity contribution < 1.29 is 24.5 Å². The van der Waals surface area contributed by atoms with Gasteiger partial charge >= 0.3 is 5.97 Å². The van der Waals surface area contributed by atoms with Crippen LogP contribution in [0, 0.1) is 0 Å². The number of carboxylic acids is 1. The number of aliphatic hydroxyl groups is 1. The van der Waals surface area contributed by atoms with E-state index in [9.17, 15) is 9.90 Å². The number of rotatable bonds is 6. The Hall–Kier alpha value is -1.59. The zero-order valence-electron chi connectivity index (χ0n) is 8.92. The fourth-order valence-electron chi connectivity index (χ4n) is 1.13. The highest BCUT2D eigenvalue weighted by Crippen LogP contribution is 2.12. The van der Waals surface area contributed by atoms with Crippen LogP contribution in [0.3, 0.4) is 0 Å². The summed E-state index contributed by atoms with van der Waals surface area (Å²) in [6.45, 7) is 0.313. The van der Waals surface area contributed by atoms with Crippen molar-refractivity contribution in [3.8, 4) is 5.75 Å². The summed E-state index contributed by atoms with van der Waals surface area (Å²) in [5.74, 6) is -0.467. The van der Waals surface area contributed by atoms with Crippen molar-refractivity contribution in [2.45, 2.75) is 6.10 Å². The normalized spacial score (nSPS) is 12.1. The topological polar surface area (TPSA) is 76.0 Å². The Morgan fingerprint density at radius 1 is 1.31 bits per heavy atom. The number of carbonyl (C=O) groups is 1. The summed E-state index contributed by atoms with van der Waals surface area (Å²) < 4.78 is 9.97. The van der Waals surface area contributed by atoms with Crippen LogP contribution >= 0.6 is 0 Å². The summed E-state index contributed by atoms with van der Waals surface area (Å²) >= 11 is 0. The SMILES string of the molecule is COC[C@@H](O)COc1ccc(C(=O)O)cc1. The molecule has 0 amide bonds. The fourth-order valence-corrected chi connectivity index (χ4v) is 1.13. The Balaban J connectivity index is 2.46. The highest BCUT2D eigenvalue weighted by atomic mass is 16.5. The van der Waals surface area contributed by atoms with Gasteiger partial charge in [-0.3, -0.25) is 0 Å². The van der Waals surface area contributed by atoms with Crippen LogP contribution in [0.25, 0.3) is 0 Å². The fraction of sp³-hybridized carbons (Fsp3) is 0.364. The summed E-state index contributed by atoms with van der Waals surface area (Å²) in [7, 11) is 1.49. The molecule has 0 radical (unpaired) electrons. The number of aromatic carboxylic acids is 1. The van der Waals surface area contributed by atoms with Gasteiger partial charge in [-0.1, -0.05) is 0 Å². The maximum absolute atomic E-state index is 10.6. The third-order valence-corrected chi connectivity index (χ3v) is 1.90. The molecule has 0 saturated heterocycles. The number of hydrogen-bond acceptors (Lipinski definition) is 4. The molecule has 0 aromatic heterocycles. The van der Waals surface area contributed by atoms with Gasteiger partial charge in [0.2, 0.25) is 0 Å². The Kier molecular flexibility index (Phi) is 4.75. The quantitative estimate of drug-likeness (QED) is 0.749. The number of hydrogen-bond donors (Lipinski definition) is 2. The molecule has 2 N–H and O–H groups in total. The molecule has 1 aromatic rings. The number of ether oxygens (including phenoxy) is 2. The summed E-state index contributed by atoms with van der Waals surface area (Å²) in [6.07, 6.45) is -0.691. The van der Waals surface area contributed by atoms with Gasteiger partial charge in [-0.15, -0.1) is 0 Å². The number of aliphatic hydroxyl groups excluding tert-OH is 1. The second kappa shape index (κ2) is 6.09. The molecule has 16 heavy (non-hydrogen) atoms. The summed E-state index contributed by atoms with van der Waals surface area (Å²) in [6, 6.07) is 5.98. The van der Waals surface area contributed by atoms with Crippen LogP contribution in [0.5, 0.6) is 5.75 Å². The van der Waals surface area contributed by atoms with E-state index >= 15 is 0 Å². The average Bonchev–Trinajstić information content (AvgIpc) is 2.27. The molecular formula is C11H14O5. The zero-order chi connectivity index (χ0) is 12.0. The van der Waals surface area contributed by atoms with Crippen LogP contribution in [0.1, 0.15) is 10.4 Å². The van der Waals surface area contributed by atoms with Crippen LogP contribution in [-0.4, -0.2) is 42.6 Å². The monoisotopic (exact) mass is 226 g/mol. The lowest BCUT2D eigenvalue weighted by atomic mass is 10.2. The molecule has 5 heteroatoms. The van der Waals surface area contributed by atoms with Gasteiger partial charge in [0.25, 0.3) is 0 Å². The summed E-state index contributed by atoms with van der Waals surface area (Å²) in [5, 5.41) is 18.0. The first kappa shape index (κ1) is 12.5. The predicted octanol–water partition coefficient (Wildman–Crippen LogP) is 0.771. The largest absolute Gasteiger partial charge is 0.491 e. The Labute approximate surface area is 93.2 Å². The Bertz CT molecular complexity index is 333. The van der Waals surface area contributed by atoms with Crippen LogP contribution < -0.4 is 4.74 Å². The summed E-state index contributed by atoms with van der Waals surface area (Å²) in [5.41, 5.74) is 0.199.